The molecule has 8 aromatic rings. The van der Waals surface area contributed by atoms with Crippen molar-refractivity contribution in [3.63, 3.8) is 0 Å². The van der Waals surface area contributed by atoms with E-state index in [0.717, 1.165) is 73.3 Å². The minimum Gasteiger partial charge on any atom is -0.454 e. The third-order valence-electron chi connectivity index (χ3n) is 8.14. The Hall–Kier alpha value is -5.55. The number of nitrogens with one attached hydrogen (secondary N) is 1. The second kappa shape index (κ2) is 8.47. The zero-order valence-electron chi connectivity index (χ0n) is 22.0. The van der Waals surface area contributed by atoms with Gasteiger partial charge in [-0.2, -0.15) is 0 Å². The van der Waals surface area contributed by atoms with Crippen molar-refractivity contribution in [1.29, 1.82) is 0 Å². The summed E-state index contributed by atoms with van der Waals surface area (Å²) in [6, 6.07) is 34.2. The van der Waals surface area contributed by atoms with Crippen LogP contribution >= 0.6 is 0 Å². The number of nitrogens with zero attached hydrogens (tertiary/aromatic N) is 2. The average molecular weight is 530 g/mol. The maximum atomic E-state index is 6.54. The number of pyridine rings is 1. The van der Waals surface area contributed by atoms with Crippen molar-refractivity contribution < 1.29 is 8.83 Å². The zero-order valence-corrected chi connectivity index (χ0v) is 22.0. The van der Waals surface area contributed by atoms with E-state index in [0.29, 0.717) is 0 Å². The van der Waals surface area contributed by atoms with Gasteiger partial charge in [0.05, 0.1) is 17.1 Å². The van der Waals surface area contributed by atoms with E-state index in [1.54, 1.807) is 6.20 Å². The summed E-state index contributed by atoms with van der Waals surface area (Å²) in [7, 11) is 0. The van der Waals surface area contributed by atoms with Gasteiger partial charge in [-0.3, -0.25) is 4.98 Å². The number of rotatable bonds is 3. The van der Waals surface area contributed by atoms with Crippen molar-refractivity contribution in [2.45, 2.75) is 0 Å². The molecule has 0 radical (unpaired) electrons. The van der Waals surface area contributed by atoms with Crippen molar-refractivity contribution in [1.82, 2.24) is 4.98 Å². The summed E-state index contributed by atoms with van der Waals surface area (Å²) in [6.07, 6.45) is 7.90. The SMILES string of the molecule is C1=Cc2c(oc3cc(N(c4cc5ccccc5c5ccccc45)c4cccc5c4oc4ccncc45)ccc23)NC1. The standard InChI is InChI=1S/C36H23N3O2/c1-2-8-24-22(7-1)19-32(26-10-4-3-9-25(24)26)39(23-14-15-27-29-12-6-17-38-36(29)41-34(27)20-23)31-13-5-11-28-30-21-37-18-16-33(30)40-35(28)31/h1-16,18-21,38H,17H2. The molecule has 0 saturated carbocycles. The molecule has 5 aromatic carbocycles. The first kappa shape index (κ1) is 22.3. The molecule has 3 aromatic heterocycles. The first-order valence-corrected chi connectivity index (χ1v) is 13.8. The molecule has 5 nitrogen and oxygen atoms in total. The Balaban J connectivity index is 1.39. The summed E-state index contributed by atoms with van der Waals surface area (Å²) in [4.78, 5) is 6.67. The molecule has 0 bridgehead atoms. The number of hydrogen-bond acceptors (Lipinski definition) is 5. The van der Waals surface area contributed by atoms with E-state index in [1.807, 2.05) is 12.3 Å². The van der Waals surface area contributed by atoms with Gasteiger partial charge in [0.15, 0.2) is 5.58 Å². The van der Waals surface area contributed by atoms with E-state index in [9.17, 15) is 0 Å². The molecule has 0 spiro atoms. The van der Waals surface area contributed by atoms with Crippen LogP contribution in [0.4, 0.5) is 22.9 Å². The quantitative estimate of drug-likeness (QED) is 0.231. The van der Waals surface area contributed by atoms with Crippen LogP contribution in [0.2, 0.25) is 0 Å². The molecule has 0 atom stereocenters. The Bertz CT molecular complexity index is 2340. The largest absolute Gasteiger partial charge is 0.454 e. The molecule has 9 rings (SSSR count). The van der Waals surface area contributed by atoms with Crippen LogP contribution in [0.3, 0.4) is 0 Å². The number of benzene rings is 5. The highest BCUT2D eigenvalue weighted by Gasteiger charge is 2.23. The Kier molecular flexibility index (Phi) is 4.61. The van der Waals surface area contributed by atoms with Gasteiger partial charge in [0.25, 0.3) is 0 Å². The Labute approximate surface area is 234 Å². The van der Waals surface area contributed by atoms with Crippen molar-refractivity contribution in [2.75, 3.05) is 16.8 Å². The lowest BCUT2D eigenvalue weighted by Gasteiger charge is -2.27. The molecule has 41 heavy (non-hydrogen) atoms. The Morgan fingerprint density at radius 1 is 0.659 bits per heavy atom. The fourth-order valence-electron chi connectivity index (χ4n) is 6.30. The van der Waals surface area contributed by atoms with Crippen molar-refractivity contribution in [3.8, 4) is 0 Å². The van der Waals surface area contributed by atoms with Crippen LogP contribution < -0.4 is 10.2 Å². The van der Waals surface area contributed by atoms with Gasteiger partial charge in [0.2, 0.25) is 5.88 Å². The van der Waals surface area contributed by atoms with Crippen LogP contribution in [0.25, 0.3) is 60.5 Å². The highest BCUT2D eigenvalue weighted by Crippen LogP contribution is 2.47. The van der Waals surface area contributed by atoms with Gasteiger partial charge < -0.3 is 19.1 Å². The summed E-state index contributed by atoms with van der Waals surface area (Å²) in [5.74, 6) is 0.814. The molecule has 0 aliphatic carbocycles. The van der Waals surface area contributed by atoms with E-state index in [2.05, 4.69) is 118 Å². The maximum absolute atomic E-state index is 6.54. The molecule has 1 aliphatic heterocycles. The molecule has 0 saturated heterocycles. The zero-order chi connectivity index (χ0) is 26.9. The van der Waals surface area contributed by atoms with Gasteiger partial charge in [-0.1, -0.05) is 72.8 Å². The summed E-state index contributed by atoms with van der Waals surface area (Å²) in [6.45, 7) is 0.762. The number of para-hydroxylation sites is 1. The van der Waals surface area contributed by atoms with Crippen LogP contribution in [0.1, 0.15) is 5.56 Å². The molecule has 0 fully saturated rings. The van der Waals surface area contributed by atoms with Crippen LogP contribution in [-0.4, -0.2) is 11.5 Å². The van der Waals surface area contributed by atoms with Gasteiger partial charge in [0.1, 0.15) is 11.2 Å². The van der Waals surface area contributed by atoms with E-state index < -0.39 is 0 Å². The second-order valence-corrected chi connectivity index (χ2v) is 10.4. The monoisotopic (exact) mass is 529 g/mol. The van der Waals surface area contributed by atoms with Gasteiger partial charge in [-0.25, -0.2) is 0 Å². The first-order chi connectivity index (χ1) is 20.3. The molecule has 5 heteroatoms. The lowest BCUT2D eigenvalue weighted by atomic mass is 9.98. The minimum absolute atomic E-state index is 0.762. The van der Waals surface area contributed by atoms with Crippen molar-refractivity contribution in [2.24, 2.45) is 0 Å². The van der Waals surface area contributed by atoms with Crippen molar-refractivity contribution in [3.05, 3.63) is 121 Å². The number of furan rings is 2. The lowest BCUT2D eigenvalue weighted by molar-refractivity contribution is 0.628. The number of aromatic nitrogens is 1. The fraction of sp³-hybridized carbons (Fsp3) is 0.0278. The minimum atomic E-state index is 0.762. The lowest BCUT2D eigenvalue weighted by Crippen LogP contribution is -2.11. The van der Waals surface area contributed by atoms with Crippen LogP contribution in [-0.2, 0) is 0 Å². The van der Waals surface area contributed by atoms with E-state index >= 15 is 0 Å². The smallest absolute Gasteiger partial charge is 0.201 e. The molecule has 1 aliphatic rings. The first-order valence-electron chi connectivity index (χ1n) is 13.8. The summed E-state index contributed by atoms with van der Waals surface area (Å²) in [5.41, 5.74) is 6.56. The van der Waals surface area contributed by atoms with Crippen LogP contribution in [0, 0.1) is 0 Å². The fourth-order valence-corrected chi connectivity index (χ4v) is 6.30. The normalized spacial score (nSPS) is 12.9. The predicted octanol–water partition coefficient (Wildman–Crippen LogP) is 9.94. The molecule has 4 heterocycles. The highest BCUT2D eigenvalue weighted by atomic mass is 16.4. The third kappa shape index (κ3) is 3.26. The number of anilines is 4. The predicted molar refractivity (Wildman–Crippen MR) is 169 cm³/mol. The van der Waals surface area contributed by atoms with Gasteiger partial charge in [0, 0.05) is 52.1 Å². The molecular weight excluding hydrogens is 506 g/mol. The van der Waals surface area contributed by atoms with Gasteiger partial charge in [-0.05, 0) is 46.5 Å². The van der Waals surface area contributed by atoms with E-state index in [1.165, 1.54) is 16.2 Å². The molecule has 0 unspecified atom stereocenters. The molecule has 1 N–H and O–H groups in total. The second-order valence-electron chi connectivity index (χ2n) is 10.4. The maximum Gasteiger partial charge on any atom is 0.201 e. The number of hydrogen-bond donors (Lipinski definition) is 1. The Morgan fingerprint density at radius 3 is 2.46 bits per heavy atom. The van der Waals surface area contributed by atoms with E-state index in [-0.39, 0.29) is 0 Å². The third-order valence-corrected chi connectivity index (χ3v) is 8.14. The Morgan fingerprint density at radius 2 is 1.51 bits per heavy atom. The summed E-state index contributed by atoms with van der Waals surface area (Å²) < 4.78 is 12.9. The van der Waals surface area contributed by atoms with Crippen molar-refractivity contribution >= 4 is 83.5 Å². The number of fused-ring (bicyclic) bond motifs is 9. The summed E-state index contributed by atoms with van der Waals surface area (Å²) in [5, 5.41) is 11.2. The van der Waals surface area contributed by atoms with Gasteiger partial charge in [-0.15, -0.1) is 0 Å². The molecule has 0 amide bonds. The van der Waals surface area contributed by atoms with Gasteiger partial charge >= 0.3 is 0 Å². The van der Waals surface area contributed by atoms with Crippen LogP contribution in [0.5, 0.6) is 0 Å². The highest BCUT2D eigenvalue weighted by molar-refractivity contribution is 6.17. The average Bonchev–Trinajstić information content (AvgIpc) is 3.60. The van der Waals surface area contributed by atoms with E-state index in [4.69, 9.17) is 8.83 Å². The molecule has 194 valence electrons. The molecular formula is C36H23N3O2. The topological polar surface area (TPSA) is 54.4 Å². The summed E-state index contributed by atoms with van der Waals surface area (Å²) >= 11 is 0. The van der Waals surface area contributed by atoms with Crippen LogP contribution in [0.15, 0.2) is 124 Å².